The molecule has 2 heteroatoms. The predicted molar refractivity (Wildman–Crippen MR) is 47.3 cm³/mol. The minimum absolute atomic E-state index is 0. The van der Waals surface area contributed by atoms with E-state index in [1.54, 1.807) is 0 Å². The van der Waals surface area contributed by atoms with E-state index >= 15 is 0 Å². The smallest absolute Gasteiger partial charge is 0.0544 e. The van der Waals surface area contributed by atoms with Gasteiger partial charge in [0.05, 0.1) is 6.10 Å². The summed E-state index contributed by atoms with van der Waals surface area (Å²) in [6, 6.07) is 0. The average Bonchev–Trinajstić information content (AvgIpc) is 1.96. The van der Waals surface area contributed by atoms with Gasteiger partial charge in [-0.3, -0.25) is 6.42 Å². The third kappa shape index (κ3) is 3.08. The SMILES string of the molecule is CCC1OC(C)[CH-]C(C)[C@@H]1C.[Y]. The van der Waals surface area contributed by atoms with Gasteiger partial charge in [-0.05, 0) is 12.3 Å². The Morgan fingerprint density at radius 1 is 1.25 bits per heavy atom. The molecule has 0 aromatic rings. The quantitative estimate of drug-likeness (QED) is 0.644. The van der Waals surface area contributed by atoms with E-state index in [1.165, 1.54) is 0 Å². The predicted octanol–water partition coefficient (Wildman–Crippen LogP) is 2.66. The van der Waals surface area contributed by atoms with Crippen molar-refractivity contribution in [3.8, 4) is 0 Å². The Bertz CT molecular complexity index is 127. The third-order valence-electron chi connectivity index (χ3n) is 2.78. The molecule has 4 atom stereocenters. The largest absolute Gasteiger partial charge is 0.407 e. The van der Waals surface area contributed by atoms with Gasteiger partial charge >= 0.3 is 0 Å². The Kier molecular flexibility index (Phi) is 6.23. The molecule has 0 aromatic heterocycles. The van der Waals surface area contributed by atoms with E-state index in [0.29, 0.717) is 24.0 Å². The summed E-state index contributed by atoms with van der Waals surface area (Å²) in [5, 5.41) is 0. The van der Waals surface area contributed by atoms with Gasteiger partial charge in [-0.15, -0.1) is 0 Å². The van der Waals surface area contributed by atoms with Gasteiger partial charge in [0.25, 0.3) is 0 Å². The fourth-order valence-corrected chi connectivity index (χ4v) is 1.85. The van der Waals surface area contributed by atoms with Crippen molar-refractivity contribution in [3.63, 3.8) is 0 Å². The maximum Gasteiger partial charge on any atom is 0.0544 e. The summed E-state index contributed by atoms with van der Waals surface area (Å²) in [7, 11) is 0. The zero-order valence-corrected chi connectivity index (χ0v) is 11.4. The first-order valence-electron chi connectivity index (χ1n) is 4.65. The Hall–Kier alpha value is 1.06. The molecule has 1 saturated heterocycles. The van der Waals surface area contributed by atoms with Crippen LogP contribution in [0.5, 0.6) is 0 Å². The van der Waals surface area contributed by atoms with E-state index in [2.05, 4.69) is 34.1 Å². The molecule has 1 aliphatic rings. The van der Waals surface area contributed by atoms with Gasteiger partial charge < -0.3 is 4.74 Å². The maximum atomic E-state index is 5.76. The molecule has 0 spiro atoms. The van der Waals surface area contributed by atoms with Crippen molar-refractivity contribution >= 4 is 0 Å². The van der Waals surface area contributed by atoms with Gasteiger partial charge in [0.2, 0.25) is 0 Å². The summed E-state index contributed by atoms with van der Waals surface area (Å²) in [6.45, 7) is 8.89. The van der Waals surface area contributed by atoms with E-state index in [4.69, 9.17) is 4.74 Å². The van der Waals surface area contributed by atoms with Crippen molar-refractivity contribution in [2.75, 3.05) is 0 Å². The van der Waals surface area contributed by atoms with Crippen LogP contribution in [-0.2, 0) is 37.4 Å². The monoisotopic (exact) mass is 244 g/mol. The van der Waals surface area contributed by atoms with Crippen molar-refractivity contribution in [2.45, 2.75) is 46.3 Å². The van der Waals surface area contributed by atoms with E-state index in [0.717, 1.165) is 6.42 Å². The second-order valence-electron chi connectivity index (χ2n) is 3.70. The molecule has 1 heterocycles. The standard InChI is InChI=1S/C10H19O.Y/c1-5-10-9(4)7(2)6-8(3)11-10;/h6-10H,5H2,1-4H3;/q-1;/t7?,8?,9-,10?;/m0./s1. The molecule has 0 bridgehead atoms. The molecule has 0 aliphatic carbocycles. The zero-order chi connectivity index (χ0) is 8.43. The Morgan fingerprint density at radius 3 is 2.33 bits per heavy atom. The maximum absolute atomic E-state index is 5.76. The van der Waals surface area contributed by atoms with Crippen molar-refractivity contribution in [1.82, 2.24) is 0 Å². The van der Waals surface area contributed by atoms with Crippen molar-refractivity contribution in [3.05, 3.63) is 6.42 Å². The van der Waals surface area contributed by atoms with Crippen LogP contribution in [0.4, 0.5) is 0 Å². The summed E-state index contributed by atoms with van der Waals surface area (Å²) in [6.07, 6.45) is 4.27. The fraction of sp³-hybridized carbons (Fsp3) is 0.900. The van der Waals surface area contributed by atoms with Crippen LogP contribution in [0.3, 0.4) is 0 Å². The van der Waals surface area contributed by atoms with Crippen LogP contribution in [0.25, 0.3) is 0 Å². The first-order valence-corrected chi connectivity index (χ1v) is 4.65. The van der Waals surface area contributed by atoms with Gasteiger partial charge in [-0.2, -0.15) is 5.92 Å². The van der Waals surface area contributed by atoms with Crippen LogP contribution in [0.1, 0.15) is 34.1 Å². The van der Waals surface area contributed by atoms with Crippen LogP contribution in [-0.4, -0.2) is 12.2 Å². The molecule has 1 rings (SSSR count). The van der Waals surface area contributed by atoms with E-state index < -0.39 is 0 Å². The average molecular weight is 244 g/mol. The number of rotatable bonds is 1. The molecule has 69 valence electrons. The fourth-order valence-electron chi connectivity index (χ4n) is 1.85. The molecule has 0 N–H and O–H groups in total. The number of hydrogen-bond acceptors (Lipinski definition) is 1. The number of hydrogen-bond donors (Lipinski definition) is 0. The summed E-state index contributed by atoms with van der Waals surface area (Å²) in [5.41, 5.74) is 0. The molecular weight excluding hydrogens is 225 g/mol. The molecule has 0 aromatic carbocycles. The molecule has 3 unspecified atom stereocenters. The second-order valence-corrected chi connectivity index (χ2v) is 3.70. The van der Waals surface area contributed by atoms with E-state index in [9.17, 15) is 0 Å². The third-order valence-corrected chi connectivity index (χ3v) is 2.78. The first kappa shape index (κ1) is 13.1. The Morgan fingerprint density at radius 2 is 1.83 bits per heavy atom. The molecular formula is C10H19OY-. The molecule has 1 fully saturated rings. The van der Waals surface area contributed by atoms with Crippen molar-refractivity contribution in [1.29, 1.82) is 0 Å². The summed E-state index contributed by atoms with van der Waals surface area (Å²) in [4.78, 5) is 0. The topological polar surface area (TPSA) is 9.23 Å². The molecule has 0 saturated carbocycles. The van der Waals surface area contributed by atoms with Crippen LogP contribution in [0.15, 0.2) is 0 Å². The second kappa shape index (κ2) is 5.72. The Labute approximate surface area is 102 Å². The minimum atomic E-state index is 0. The Balaban J connectivity index is 0.00000121. The molecule has 1 radical (unpaired) electrons. The van der Waals surface area contributed by atoms with Crippen LogP contribution in [0.2, 0.25) is 0 Å². The first-order chi connectivity index (χ1) is 5.15. The van der Waals surface area contributed by atoms with Crippen LogP contribution >= 0.6 is 0 Å². The van der Waals surface area contributed by atoms with Gasteiger partial charge in [0.15, 0.2) is 0 Å². The van der Waals surface area contributed by atoms with Crippen LogP contribution < -0.4 is 0 Å². The minimum Gasteiger partial charge on any atom is -0.407 e. The van der Waals surface area contributed by atoms with Gasteiger partial charge in [0.1, 0.15) is 0 Å². The summed E-state index contributed by atoms with van der Waals surface area (Å²) < 4.78 is 5.76. The van der Waals surface area contributed by atoms with Gasteiger partial charge in [-0.1, -0.05) is 33.8 Å². The normalized spacial score (nSPS) is 42.0. The summed E-state index contributed by atoms with van der Waals surface area (Å²) >= 11 is 0. The summed E-state index contributed by atoms with van der Waals surface area (Å²) in [5.74, 6) is 1.40. The number of ether oxygens (including phenoxy) is 1. The molecule has 12 heavy (non-hydrogen) atoms. The van der Waals surface area contributed by atoms with E-state index in [1.807, 2.05) is 0 Å². The molecule has 0 amide bonds. The van der Waals surface area contributed by atoms with Gasteiger partial charge in [0, 0.05) is 32.7 Å². The van der Waals surface area contributed by atoms with E-state index in [-0.39, 0.29) is 32.7 Å². The van der Waals surface area contributed by atoms with Crippen molar-refractivity contribution in [2.24, 2.45) is 11.8 Å². The molecule has 1 nitrogen and oxygen atoms in total. The zero-order valence-electron chi connectivity index (χ0n) is 8.58. The van der Waals surface area contributed by atoms with Gasteiger partial charge in [-0.25, -0.2) is 0 Å². The van der Waals surface area contributed by atoms with Crippen LogP contribution in [0, 0.1) is 18.3 Å². The van der Waals surface area contributed by atoms with Crippen molar-refractivity contribution < 1.29 is 37.4 Å². The molecule has 1 aliphatic heterocycles.